The van der Waals surface area contributed by atoms with E-state index in [9.17, 15) is 14.4 Å². The number of aromatic nitrogens is 1. The number of piperazine rings is 1. The summed E-state index contributed by atoms with van der Waals surface area (Å²) < 4.78 is 0. The monoisotopic (exact) mass is 413 g/mol. The Morgan fingerprint density at radius 1 is 1.07 bits per heavy atom. The summed E-state index contributed by atoms with van der Waals surface area (Å²) in [5.41, 5.74) is 2.82. The predicted molar refractivity (Wildman–Crippen MR) is 111 cm³/mol. The van der Waals surface area contributed by atoms with E-state index in [1.165, 1.54) is 23.8 Å². The molecule has 0 spiro atoms. The first-order chi connectivity index (χ1) is 14.0. The fourth-order valence-electron chi connectivity index (χ4n) is 3.69. The summed E-state index contributed by atoms with van der Waals surface area (Å²) in [5, 5.41) is 5.09. The summed E-state index contributed by atoms with van der Waals surface area (Å²) in [6.07, 6.45) is 1.08. The number of rotatable bonds is 3. The van der Waals surface area contributed by atoms with Gasteiger partial charge in [0.25, 0.3) is 0 Å². The van der Waals surface area contributed by atoms with E-state index in [-0.39, 0.29) is 24.3 Å². The topological polar surface area (TPSA) is 85.9 Å². The molecule has 1 N–H and O–H groups in total. The number of para-hydroxylation sites is 1. The number of hydrogen-bond acceptors (Lipinski definition) is 5. The van der Waals surface area contributed by atoms with Crippen molar-refractivity contribution in [1.29, 1.82) is 0 Å². The molecule has 1 aromatic heterocycles. The summed E-state index contributed by atoms with van der Waals surface area (Å²) >= 11 is 1.31. The quantitative estimate of drug-likeness (QED) is 0.834. The molecule has 1 saturated heterocycles. The van der Waals surface area contributed by atoms with Crippen LogP contribution < -0.4 is 10.2 Å². The average molecular weight is 414 g/mol. The first-order valence-corrected chi connectivity index (χ1v) is 10.5. The Kier molecular flexibility index (Phi) is 5.48. The predicted octanol–water partition coefficient (Wildman–Crippen LogP) is 1.97. The van der Waals surface area contributed by atoms with Crippen molar-refractivity contribution in [2.45, 2.75) is 19.8 Å². The highest BCUT2D eigenvalue weighted by molar-refractivity contribution is 7.13. The van der Waals surface area contributed by atoms with Crippen LogP contribution in [0.3, 0.4) is 0 Å². The molecule has 152 valence electrons. The van der Waals surface area contributed by atoms with E-state index in [0.29, 0.717) is 43.5 Å². The third-order valence-corrected chi connectivity index (χ3v) is 6.10. The summed E-state index contributed by atoms with van der Waals surface area (Å²) in [6, 6.07) is 7.72. The van der Waals surface area contributed by atoms with Gasteiger partial charge in [0.15, 0.2) is 5.13 Å². The van der Waals surface area contributed by atoms with Crippen LogP contribution in [0.5, 0.6) is 0 Å². The van der Waals surface area contributed by atoms with E-state index in [1.54, 1.807) is 14.7 Å². The maximum atomic E-state index is 12.7. The minimum Gasteiger partial charge on any atom is -0.339 e. The molecular formula is C20H23N5O3S. The number of nitrogens with one attached hydrogen (secondary N) is 1. The van der Waals surface area contributed by atoms with E-state index < -0.39 is 0 Å². The third-order valence-electron chi connectivity index (χ3n) is 5.30. The molecule has 29 heavy (non-hydrogen) atoms. The number of thiazole rings is 1. The average Bonchev–Trinajstić information content (AvgIpc) is 3.34. The minimum atomic E-state index is -0.228. The van der Waals surface area contributed by atoms with Crippen molar-refractivity contribution in [3.63, 3.8) is 0 Å². The fraction of sp³-hybridized carbons (Fsp3) is 0.400. The van der Waals surface area contributed by atoms with Gasteiger partial charge < -0.3 is 14.7 Å². The Morgan fingerprint density at radius 2 is 1.79 bits per heavy atom. The maximum Gasteiger partial charge on any atom is 0.323 e. The molecule has 0 bridgehead atoms. The molecule has 3 heterocycles. The van der Waals surface area contributed by atoms with Crippen molar-refractivity contribution in [3.05, 3.63) is 40.9 Å². The van der Waals surface area contributed by atoms with Gasteiger partial charge in [-0.1, -0.05) is 18.2 Å². The van der Waals surface area contributed by atoms with E-state index in [0.717, 1.165) is 12.1 Å². The van der Waals surface area contributed by atoms with Crippen molar-refractivity contribution < 1.29 is 14.4 Å². The molecule has 0 aliphatic carbocycles. The highest BCUT2D eigenvalue weighted by Crippen LogP contribution is 2.28. The fourth-order valence-corrected chi connectivity index (χ4v) is 4.39. The second-order valence-electron chi connectivity index (χ2n) is 7.17. The number of nitrogens with zero attached hydrogens (tertiary/aromatic N) is 4. The van der Waals surface area contributed by atoms with E-state index >= 15 is 0 Å². The number of amides is 4. The third kappa shape index (κ3) is 4.24. The zero-order chi connectivity index (χ0) is 20.4. The first-order valence-electron chi connectivity index (χ1n) is 9.65. The van der Waals surface area contributed by atoms with Crippen molar-refractivity contribution in [3.8, 4) is 0 Å². The smallest absolute Gasteiger partial charge is 0.323 e. The lowest BCUT2D eigenvalue weighted by Crippen LogP contribution is -2.51. The van der Waals surface area contributed by atoms with Crippen LogP contribution in [0.4, 0.5) is 15.6 Å². The number of hydrogen-bond donors (Lipinski definition) is 1. The second kappa shape index (κ2) is 8.20. The van der Waals surface area contributed by atoms with Crippen molar-refractivity contribution in [2.24, 2.45) is 0 Å². The molecule has 0 unspecified atom stereocenters. The summed E-state index contributed by atoms with van der Waals surface area (Å²) in [5.74, 6) is 0.0402. The number of benzene rings is 1. The Bertz CT molecular complexity index is 936. The standard InChI is InChI=1S/C20H23N5O3S/c1-14(26)23-8-10-24(11-9-23)20(28)22-19-21-16(13-29-19)12-18(27)25-7-6-15-4-2-3-5-17(15)25/h2-5,13H,6-12H2,1H3,(H,21,22,28). The Labute approximate surface area is 173 Å². The number of carbonyl (C=O) groups is 3. The molecule has 8 nitrogen and oxygen atoms in total. The lowest BCUT2D eigenvalue weighted by atomic mass is 10.2. The molecule has 2 aliphatic rings. The first kappa shape index (κ1) is 19.4. The van der Waals surface area contributed by atoms with Gasteiger partial charge >= 0.3 is 6.03 Å². The summed E-state index contributed by atoms with van der Waals surface area (Å²) in [7, 11) is 0. The molecular weight excluding hydrogens is 390 g/mol. The molecule has 1 aromatic carbocycles. The number of carbonyl (C=O) groups excluding carboxylic acids is 3. The normalized spacial score (nSPS) is 16.0. The zero-order valence-corrected chi connectivity index (χ0v) is 17.1. The molecule has 0 atom stereocenters. The van der Waals surface area contributed by atoms with Crippen LogP contribution >= 0.6 is 11.3 Å². The van der Waals surface area contributed by atoms with Gasteiger partial charge in [0.2, 0.25) is 11.8 Å². The number of urea groups is 1. The van der Waals surface area contributed by atoms with Gasteiger partial charge in [-0.15, -0.1) is 11.3 Å². The molecule has 2 aliphatic heterocycles. The van der Waals surface area contributed by atoms with E-state index in [2.05, 4.69) is 16.4 Å². The van der Waals surface area contributed by atoms with Crippen molar-refractivity contribution in [1.82, 2.24) is 14.8 Å². The Hall–Kier alpha value is -2.94. The van der Waals surface area contributed by atoms with Crippen LogP contribution in [0.1, 0.15) is 18.2 Å². The molecule has 0 saturated carbocycles. The van der Waals surface area contributed by atoms with Crippen molar-refractivity contribution in [2.75, 3.05) is 42.9 Å². The minimum absolute atomic E-state index is 0.0125. The molecule has 2 aromatic rings. The van der Waals surface area contributed by atoms with Gasteiger partial charge in [-0.2, -0.15) is 0 Å². The highest BCUT2D eigenvalue weighted by Gasteiger charge is 2.25. The van der Waals surface area contributed by atoms with Gasteiger partial charge in [-0.25, -0.2) is 9.78 Å². The Balaban J connectivity index is 1.32. The molecule has 4 amide bonds. The van der Waals surface area contributed by atoms with E-state index in [1.807, 2.05) is 23.6 Å². The SMILES string of the molecule is CC(=O)N1CCN(C(=O)Nc2nc(CC(=O)N3CCc4ccccc43)cs2)CC1. The maximum absolute atomic E-state index is 12.7. The van der Waals surface area contributed by atoms with Crippen LogP contribution in [0.25, 0.3) is 0 Å². The van der Waals surface area contributed by atoms with Crippen LogP contribution in [-0.2, 0) is 22.4 Å². The number of anilines is 2. The highest BCUT2D eigenvalue weighted by atomic mass is 32.1. The van der Waals surface area contributed by atoms with E-state index in [4.69, 9.17) is 0 Å². The Morgan fingerprint density at radius 3 is 2.55 bits per heavy atom. The summed E-state index contributed by atoms with van der Waals surface area (Å²) in [4.78, 5) is 46.1. The van der Waals surface area contributed by atoms with Gasteiger partial charge in [-0.05, 0) is 18.1 Å². The molecule has 0 radical (unpaired) electrons. The molecule has 1 fully saturated rings. The van der Waals surface area contributed by atoms with Crippen LogP contribution in [0.15, 0.2) is 29.6 Å². The lowest BCUT2D eigenvalue weighted by Gasteiger charge is -2.33. The largest absolute Gasteiger partial charge is 0.339 e. The lowest BCUT2D eigenvalue weighted by molar-refractivity contribution is -0.130. The van der Waals surface area contributed by atoms with Gasteiger partial charge in [0.1, 0.15) is 0 Å². The van der Waals surface area contributed by atoms with Crippen LogP contribution in [-0.4, -0.2) is 65.4 Å². The summed E-state index contributed by atoms with van der Waals surface area (Å²) in [6.45, 7) is 4.30. The van der Waals surface area contributed by atoms with Crippen LogP contribution in [0.2, 0.25) is 0 Å². The van der Waals surface area contributed by atoms with Gasteiger partial charge in [0.05, 0.1) is 12.1 Å². The van der Waals surface area contributed by atoms with Crippen molar-refractivity contribution >= 4 is 40.0 Å². The van der Waals surface area contributed by atoms with Crippen LogP contribution in [0, 0.1) is 0 Å². The van der Waals surface area contributed by atoms with Gasteiger partial charge in [-0.3, -0.25) is 14.9 Å². The zero-order valence-electron chi connectivity index (χ0n) is 16.3. The molecule has 9 heteroatoms. The van der Waals surface area contributed by atoms with Gasteiger partial charge in [0, 0.05) is 50.7 Å². The second-order valence-corrected chi connectivity index (χ2v) is 8.03. The molecule has 4 rings (SSSR count). The number of fused-ring (bicyclic) bond motifs is 1.